The van der Waals surface area contributed by atoms with Gasteiger partial charge in [0, 0.05) is 22.9 Å². The molecule has 2 aromatic heterocycles. The molecule has 0 bridgehead atoms. The van der Waals surface area contributed by atoms with E-state index in [2.05, 4.69) is 31.0 Å². The zero-order valence-corrected chi connectivity index (χ0v) is 21.7. The molecule has 0 radical (unpaired) electrons. The molecule has 0 spiro atoms. The second kappa shape index (κ2) is 11.3. The quantitative estimate of drug-likeness (QED) is 0.184. The summed E-state index contributed by atoms with van der Waals surface area (Å²) >= 11 is 2.47. The molecule has 0 aliphatic carbocycles. The van der Waals surface area contributed by atoms with Crippen LogP contribution in [0, 0.1) is 30.9 Å². The number of carbonyl (C=O) groups is 2. The Morgan fingerprint density at radius 2 is 1.89 bits per heavy atom. The van der Waals surface area contributed by atoms with Crippen LogP contribution in [0.1, 0.15) is 32.3 Å². The predicted molar refractivity (Wildman–Crippen MR) is 139 cm³/mol. The van der Waals surface area contributed by atoms with Gasteiger partial charge in [-0.25, -0.2) is 0 Å². The number of rotatable bonds is 9. The van der Waals surface area contributed by atoms with Crippen LogP contribution in [0.2, 0.25) is 0 Å². The highest BCUT2D eigenvalue weighted by molar-refractivity contribution is 7.99. The molecule has 2 N–H and O–H groups in total. The fourth-order valence-corrected chi connectivity index (χ4v) is 4.75. The molecule has 2 amide bonds. The number of aromatic nitrogens is 5. The Balaban J connectivity index is 1.52. The molecule has 0 aliphatic heterocycles. The van der Waals surface area contributed by atoms with Gasteiger partial charge in [-0.05, 0) is 44.5 Å². The van der Waals surface area contributed by atoms with Gasteiger partial charge in [-0.3, -0.25) is 29.6 Å². The minimum absolute atomic E-state index is 0.0122. The fourth-order valence-electron chi connectivity index (χ4n) is 3.38. The monoisotopic (exact) mass is 538 g/mol. The van der Waals surface area contributed by atoms with E-state index in [9.17, 15) is 19.7 Å². The first-order valence-corrected chi connectivity index (χ1v) is 12.8. The summed E-state index contributed by atoms with van der Waals surface area (Å²) in [5.74, 6) is -0.260. The number of nitrogens with one attached hydrogen (secondary N) is 2. The summed E-state index contributed by atoms with van der Waals surface area (Å²) < 4.78 is 1.76. The number of nitro benzene ring substituents is 1. The maximum absolute atomic E-state index is 12.7. The second-order valence-corrected chi connectivity index (χ2v) is 10.1. The Morgan fingerprint density at radius 3 is 2.59 bits per heavy atom. The summed E-state index contributed by atoms with van der Waals surface area (Å²) in [7, 11) is 0. The summed E-state index contributed by atoms with van der Waals surface area (Å²) in [4.78, 5) is 35.9. The van der Waals surface area contributed by atoms with Crippen molar-refractivity contribution < 1.29 is 14.5 Å². The molecule has 0 unspecified atom stereocenters. The molecule has 37 heavy (non-hydrogen) atoms. The van der Waals surface area contributed by atoms with Gasteiger partial charge >= 0.3 is 0 Å². The fraction of sp³-hybridized carbons (Fsp3) is 0.217. The van der Waals surface area contributed by atoms with Gasteiger partial charge in [-0.2, -0.15) is 0 Å². The number of aryl methyl sites for hydroxylation is 3. The van der Waals surface area contributed by atoms with Gasteiger partial charge in [0.25, 0.3) is 11.6 Å². The van der Waals surface area contributed by atoms with Crippen LogP contribution in [0.15, 0.2) is 47.6 Å². The van der Waals surface area contributed by atoms with E-state index in [0.29, 0.717) is 21.7 Å². The highest BCUT2D eigenvalue weighted by atomic mass is 32.2. The van der Waals surface area contributed by atoms with Crippen molar-refractivity contribution in [2.24, 2.45) is 0 Å². The van der Waals surface area contributed by atoms with E-state index in [1.807, 2.05) is 31.2 Å². The number of hydrogen-bond donors (Lipinski definition) is 2. The van der Waals surface area contributed by atoms with E-state index in [1.165, 1.54) is 41.3 Å². The van der Waals surface area contributed by atoms with E-state index in [1.54, 1.807) is 18.4 Å². The molecule has 0 atom stereocenters. The van der Waals surface area contributed by atoms with Crippen molar-refractivity contribution in [1.29, 1.82) is 0 Å². The predicted octanol–water partition coefficient (Wildman–Crippen LogP) is 3.61. The number of anilines is 1. The first-order chi connectivity index (χ1) is 17.7. The van der Waals surface area contributed by atoms with Crippen molar-refractivity contribution >= 4 is 45.7 Å². The number of amides is 2. The third-order valence-corrected chi connectivity index (χ3v) is 6.82. The minimum Gasteiger partial charge on any atom is -0.345 e. The number of carbonyl (C=O) groups excluding carboxylic acids is 2. The van der Waals surface area contributed by atoms with Crippen molar-refractivity contribution in [1.82, 2.24) is 30.3 Å². The van der Waals surface area contributed by atoms with Gasteiger partial charge in [0.1, 0.15) is 5.01 Å². The maximum atomic E-state index is 12.7. The number of benzene rings is 2. The van der Waals surface area contributed by atoms with Gasteiger partial charge in [0.15, 0.2) is 11.0 Å². The number of thioether (sulfide) groups is 1. The Kier molecular flexibility index (Phi) is 7.89. The van der Waals surface area contributed by atoms with Crippen LogP contribution in [0.4, 0.5) is 10.8 Å². The normalized spacial score (nSPS) is 10.8. The van der Waals surface area contributed by atoms with Gasteiger partial charge in [-0.1, -0.05) is 41.3 Å². The Labute approximate surface area is 219 Å². The zero-order valence-electron chi connectivity index (χ0n) is 20.1. The average molecular weight is 539 g/mol. The first kappa shape index (κ1) is 25.9. The summed E-state index contributed by atoms with van der Waals surface area (Å²) in [6, 6.07) is 12.0. The highest BCUT2D eigenvalue weighted by Crippen LogP contribution is 2.24. The van der Waals surface area contributed by atoms with Crippen molar-refractivity contribution in [3.8, 4) is 5.69 Å². The van der Waals surface area contributed by atoms with E-state index >= 15 is 0 Å². The van der Waals surface area contributed by atoms with Gasteiger partial charge in [0.2, 0.25) is 11.0 Å². The molecule has 4 rings (SSSR count). The van der Waals surface area contributed by atoms with Crippen LogP contribution in [0.5, 0.6) is 0 Å². The molecule has 12 nitrogen and oxygen atoms in total. The van der Waals surface area contributed by atoms with Crippen molar-refractivity contribution in [2.45, 2.75) is 32.5 Å². The van der Waals surface area contributed by atoms with E-state index in [4.69, 9.17) is 0 Å². The van der Waals surface area contributed by atoms with Crippen LogP contribution in [-0.2, 0) is 11.3 Å². The average Bonchev–Trinajstić information content (AvgIpc) is 3.46. The van der Waals surface area contributed by atoms with Crippen molar-refractivity contribution in [3.63, 3.8) is 0 Å². The van der Waals surface area contributed by atoms with E-state index in [0.717, 1.165) is 16.3 Å². The highest BCUT2D eigenvalue weighted by Gasteiger charge is 2.19. The van der Waals surface area contributed by atoms with Crippen molar-refractivity contribution in [3.05, 3.63) is 80.1 Å². The third kappa shape index (κ3) is 6.34. The van der Waals surface area contributed by atoms with Crippen LogP contribution in [0.25, 0.3) is 5.69 Å². The largest absolute Gasteiger partial charge is 0.345 e. The molecule has 0 fully saturated rings. The summed E-state index contributed by atoms with van der Waals surface area (Å²) in [5.41, 5.74) is 2.28. The Morgan fingerprint density at radius 1 is 1.08 bits per heavy atom. The zero-order chi connectivity index (χ0) is 26.5. The number of hydrogen-bond acceptors (Lipinski definition) is 10. The lowest BCUT2D eigenvalue weighted by molar-refractivity contribution is -0.385. The lowest BCUT2D eigenvalue weighted by Gasteiger charge is -2.12. The van der Waals surface area contributed by atoms with Crippen LogP contribution >= 0.6 is 23.1 Å². The summed E-state index contributed by atoms with van der Waals surface area (Å²) in [6.07, 6.45) is 0. The lowest BCUT2D eigenvalue weighted by Crippen LogP contribution is -2.25. The molecular weight excluding hydrogens is 516 g/mol. The Bertz CT molecular complexity index is 1480. The van der Waals surface area contributed by atoms with Gasteiger partial charge < -0.3 is 5.32 Å². The first-order valence-electron chi connectivity index (χ1n) is 11.0. The maximum Gasteiger partial charge on any atom is 0.273 e. The van der Waals surface area contributed by atoms with E-state index in [-0.39, 0.29) is 29.5 Å². The summed E-state index contributed by atoms with van der Waals surface area (Å²) in [6.45, 7) is 5.37. The minimum atomic E-state index is -0.522. The molecule has 14 heteroatoms. The molecule has 190 valence electrons. The smallest absolute Gasteiger partial charge is 0.273 e. The molecule has 4 aromatic rings. The molecule has 0 aliphatic rings. The molecule has 0 saturated heterocycles. The van der Waals surface area contributed by atoms with Crippen LogP contribution in [0.3, 0.4) is 0 Å². The molecular formula is C23H22N8O4S2. The third-order valence-electron chi connectivity index (χ3n) is 5.14. The van der Waals surface area contributed by atoms with E-state index < -0.39 is 10.8 Å². The van der Waals surface area contributed by atoms with Crippen molar-refractivity contribution in [2.75, 3.05) is 11.1 Å². The number of nitrogens with zero attached hydrogens (tertiary/aromatic N) is 6. The summed E-state index contributed by atoms with van der Waals surface area (Å²) in [5, 5.41) is 34.6. The van der Waals surface area contributed by atoms with Crippen LogP contribution < -0.4 is 10.6 Å². The molecule has 2 aromatic carbocycles. The van der Waals surface area contributed by atoms with Crippen LogP contribution in [-0.4, -0.2) is 47.5 Å². The second-order valence-electron chi connectivity index (χ2n) is 7.98. The molecule has 0 saturated carbocycles. The standard InChI is InChI=1S/C23H22N8O4S2/c1-13-5-4-6-17(9-13)30-19(11-24-21(33)16-8-7-14(2)18(10-16)31(34)35)27-29-23(30)36-12-20(32)25-22-28-26-15(3)37-22/h4-10H,11-12H2,1-3H3,(H,24,33)(H,25,28,32). The topological polar surface area (TPSA) is 158 Å². The van der Waals surface area contributed by atoms with Gasteiger partial charge in [0.05, 0.1) is 17.2 Å². The Hall–Kier alpha value is -4.17. The van der Waals surface area contributed by atoms with Gasteiger partial charge in [-0.15, -0.1) is 20.4 Å². The number of nitro groups is 1. The molecule has 2 heterocycles. The lowest BCUT2D eigenvalue weighted by atomic mass is 10.1. The SMILES string of the molecule is Cc1cccc(-n2c(CNC(=O)c3ccc(C)c([N+](=O)[O-])c3)nnc2SCC(=O)Nc2nnc(C)s2)c1.